The van der Waals surface area contributed by atoms with Gasteiger partial charge in [0.25, 0.3) is 0 Å². The summed E-state index contributed by atoms with van der Waals surface area (Å²) in [7, 11) is 0. The average Bonchev–Trinajstić information content (AvgIpc) is 3.62. The van der Waals surface area contributed by atoms with E-state index in [0.29, 0.717) is 38.8 Å². The molecule has 1 heteroatoms. The van der Waals surface area contributed by atoms with Crippen LogP contribution in [-0.4, -0.2) is 0 Å². The number of benzene rings is 9. The van der Waals surface area contributed by atoms with Crippen molar-refractivity contribution < 1.29 is 15.4 Å². The van der Waals surface area contributed by atoms with Crippen LogP contribution in [0.2, 0.25) is 0 Å². The van der Waals surface area contributed by atoms with Crippen molar-refractivity contribution in [3.63, 3.8) is 0 Å². The molecule has 0 N–H and O–H groups in total. The molecule has 0 aliphatic carbocycles. The number of furan rings is 1. The van der Waals surface area contributed by atoms with Gasteiger partial charge in [0.15, 0.2) is 0 Å². The molecular weight excluding hydrogens is 593 g/mol. The summed E-state index contributed by atoms with van der Waals surface area (Å²) < 4.78 is 79.5. The van der Waals surface area contributed by atoms with Crippen LogP contribution in [0.25, 0.3) is 98.8 Å². The molecule has 9 aromatic carbocycles. The number of fused-ring (bicyclic) bond motifs is 6. The molecule has 1 nitrogen and oxygen atoms in total. The maximum Gasteiger partial charge on any atom is 0.136 e. The fourth-order valence-electron chi connectivity index (χ4n) is 7.22. The maximum atomic E-state index is 9.43. The van der Waals surface area contributed by atoms with Gasteiger partial charge in [0.1, 0.15) is 11.2 Å². The largest absolute Gasteiger partial charge is 0.456 e. The van der Waals surface area contributed by atoms with E-state index in [0.717, 1.165) is 38.4 Å². The van der Waals surface area contributed by atoms with Crippen LogP contribution >= 0.6 is 0 Å². The first-order chi connectivity index (χ1) is 27.6. The van der Waals surface area contributed by atoms with Crippen molar-refractivity contribution in [3.8, 4) is 44.5 Å². The highest BCUT2D eigenvalue weighted by Gasteiger charge is 2.20. The van der Waals surface area contributed by atoms with E-state index in [4.69, 9.17) is 9.90 Å². The maximum absolute atomic E-state index is 9.43. The molecule has 10 aromatic rings. The van der Waals surface area contributed by atoms with Gasteiger partial charge in [-0.1, -0.05) is 164 Å². The van der Waals surface area contributed by atoms with Gasteiger partial charge in [0.05, 0.1) is 11.0 Å². The summed E-state index contributed by atoms with van der Waals surface area (Å²) >= 11 is 0. The van der Waals surface area contributed by atoms with E-state index in [2.05, 4.69) is 24.3 Å². The zero-order chi connectivity index (χ0) is 39.3. The minimum Gasteiger partial charge on any atom is -0.456 e. The van der Waals surface area contributed by atoms with E-state index in [9.17, 15) is 5.48 Å². The summed E-state index contributed by atoms with van der Waals surface area (Å²) in [6.45, 7) is 0. The Hall–Kier alpha value is -6.44. The van der Waals surface area contributed by atoms with Gasteiger partial charge < -0.3 is 4.42 Å². The minimum absolute atomic E-state index is 0.164. The van der Waals surface area contributed by atoms with Crippen molar-refractivity contribution in [2.75, 3.05) is 0 Å². The molecule has 0 saturated heterocycles. The average molecular weight is 631 g/mol. The SMILES string of the molecule is [2H]c1c([2H])c([2H])c2c(-c3cccc4oc5cc6ccccc6cc5c34)c3c([2H])c([2H])c([2H])c([2H])c3c(-c3ccc(-c4ccc(-c5ccccc5)cc4)cc3)c2c1[2H]. The highest BCUT2D eigenvalue weighted by atomic mass is 16.3. The Bertz CT molecular complexity index is 3220. The normalized spacial score (nSPS) is 14.0. The third-order valence-electron chi connectivity index (χ3n) is 9.51. The highest BCUT2D eigenvalue weighted by Crippen LogP contribution is 2.47. The Balaban J connectivity index is 1.30. The van der Waals surface area contributed by atoms with Crippen LogP contribution in [0, 0.1) is 0 Å². The summed E-state index contributed by atoms with van der Waals surface area (Å²) in [4.78, 5) is 0. The van der Waals surface area contributed by atoms with Crippen LogP contribution in [-0.2, 0) is 0 Å². The molecule has 0 fully saturated rings. The molecule has 228 valence electrons. The van der Waals surface area contributed by atoms with Gasteiger partial charge in [-0.05, 0) is 95.0 Å². The zero-order valence-corrected chi connectivity index (χ0v) is 26.1. The molecule has 0 radical (unpaired) electrons. The molecule has 10 rings (SSSR count). The summed E-state index contributed by atoms with van der Waals surface area (Å²) in [5.74, 6) is 0. The fraction of sp³-hybridized carbons (Fsp3) is 0. The van der Waals surface area contributed by atoms with Crippen molar-refractivity contribution in [2.45, 2.75) is 0 Å². The lowest BCUT2D eigenvalue weighted by atomic mass is 9.84. The third-order valence-corrected chi connectivity index (χ3v) is 9.51. The molecule has 0 unspecified atom stereocenters. The summed E-state index contributed by atoms with van der Waals surface area (Å²) in [5, 5.41) is 4.09. The lowest BCUT2D eigenvalue weighted by Gasteiger charge is -2.18. The molecule has 0 saturated carbocycles. The minimum atomic E-state index is -0.440. The van der Waals surface area contributed by atoms with E-state index in [-0.39, 0.29) is 45.7 Å². The molecule has 0 amide bonds. The van der Waals surface area contributed by atoms with E-state index in [1.54, 1.807) is 6.07 Å². The predicted octanol–water partition coefficient (Wildman–Crippen LogP) is 13.7. The van der Waals surface area contributed by atoms with Gasteiger partial charge >= 0.3 is 0 Å². The van der Waals surface area contributed by atoms with Gasteiger partial charge in [0, 0.05) is 10.8 Å². The van der Waals surface area contributed by atoms with Gasteiger partial charge in [-0.3, -0.25) is 0 Å². The molecular formula is C48H30O. The lowest BCUT2D eigenvalue weighted by Crippen LogP contribution is -1.91. The van der Waals surface area contributed by atoms with Crippen molar-refractivity contribution in [2.24, 2.45) is 0 Å². The Morgan fingerprint density at radius 3 is 1.45 bits per heavy atom. The summed E-state index contributed by atoms with van der Waals surface area (Å²) in [6, 6.07) is 40.3. The standard InChI is InChI=1S/C48H30O/c1-2-11-31(12-3-1)32-21-23-33(24-22-32)34-25-27-35(28-26-34)46-38-15-6-8-17-40(38)47(41-18-9-7-16-39(41)46)42-19-10-20-44-48(42)43-29-36-13-4-5-14-37(36)30-45(43)49-44/h1-30H/i6D,7D,8D,9D,15D,16D,17D,18D. The van der Waals surface area contributed by atoms with Crippen LogP contribution < -0.4 is 0 Å². The molecule has 0 aliphatic rings. The first-order valence-corrected chi connectivity index (χ1v) is 16.2. The molecule has 0 atom stereocenters. The topological polar surface area (TPSA) is 13.1 Å². The first kappa shape index (κ1) is 20.7. The first-order valence-electron chi connectivity index (χ1n) is 20.2. The predicted molar refractivity (Wildman–Crippen MR) is 208 cm³/mol. The van der Waals surface area contributed by atoms with Crippen LogP contribution in [0.5, 0.6) is 0 Å². The lowest BCUT2D eigenvalue weighted by molar-refractivity contribution is 0.669. The van der Waals surface area contributed by atoms with Crippen molar-refractivity contribution in [1.29, 1.82) is 0 Å². The zero-order valence-electron chi connectivity index (χ0n) is 34.1. The molecule has 0 aliphatic heterocycles. The molecule has 0 spiro atoms. The molecule has 49 heavy (non-hydrogen) atoms. The smallest absolute Gasteiger partial charge is 0.136 e. The van der Waals surface area contributed by atoms with Crippen LogP contribution in [0.3, 0.4) is 0 Å². The second-order valence-electron chi connectivity index (χ2n) is 12.2. The van der Waals surface area contributed by atoms with Gasteiger partial charge in [-0.15, -0.1) is 0 Å². The second-order valence-corrected chi connectivity index (χ2v) is 12.2. The van der Waals surface area contributed by atoms with E-state index < -0.39 is 24.2 Å². The van der Waals surface area contributed by atoms with Gasteiger partial charge in [-0.25, -0.2) is 0 Å². The Labute approximate surface area is 295 Å². The fourth-order valence-corrected chi connectivity index (χ4v) is 7.22. The molecule has 0 bridgehead atoms. The number of hydrogen-bond donors (Lipinski definition) is 0. The van der Waals surface area contributed by atoms with Crippen molar-refractivity contribution in [1.82, 2.24) is 0 Å². The summed E-state index contributed by atoms with van der Waals surface area (Å²) in [5.41, 5.74) is 6.94. The Morgan fingerprint density at radius 1 is 0.367 bits per heavy atom. The van der Waals surface area contributed by atoms with Crippen LogP contribution in [0.4, 0.5) is 0 Å². The quantitative estimate of drug-likeness (QED) is 0.176. The molecule has 1 aromatic heterocycles. The van der Waals surface area contributed by atoms with Crippen molar-refractivity contribution in [3.05, 3.63) is 182 Å². The Morgan fingerprint density at radius 2 is 0.857 bits per heavy atom. The number of rotatable bonds is 4. The highest BCUT2D eigenvalue weighted by molar-refractivity contribution is 6.26. The van der Waals surface area contributed by atoms with E-state index >= 15 is 0 Å². The monoisotopic (exact) mass is 630 g/mol. The van der Waals surface area contributed by atoms with Crippen LogP contribution in [0.15, 0.2) is 186 Å². The third kappa shape index (κ3) is 4.47. The number of hydrogen-bond acceptors (Lipinski definition) is 1. The summed E-state index contributed by atoms with van der Waals surface area (Å²) in [6.07, 6.45) is 0. The van der Waals surface area contributed by atoms with Crippen LogP contribution in [0.1, 0.15) is 11.0 Å². The van der Waals surface area contributed by atoms with E-state index in [1.807, 2.05) is 103 Å². The second kappa shape index (κ2) is 11.1. The van der Waals surface area contributed by atoms with Crippen molar-refractivity contribution >= 4 is 54.3 Å². The van der Waals surface area contributed by atoms with E-state index in [1.165, 1.54) is 0 Å². The Kier molecular flexibility index (Phi) is 4.69. The van der Waals surface area contributed by atoms with Gasteiger partial charge in [0.2, 0.25) is 0 Å². The van der Waals surface area contributed by atoms with Gasteiger partial charge in [-0.2, -0.15) is 0 Å². The molecule has 1 heterocycles.